The van der Waals surface area contributed by atoms with Gasteiger partial charge in [-0.2, -0.15) is 0 Å². The fraction of sp³-hybridized carbons (Fsp3) is 0.647. The highest BCUT2D eigenvalue weighted by Gasteiger charge is 2.44. The zero-order valence-corrected chi connectivity index (χ0v) is 13.9. The van der Waals surface area contributed by atoms with E-state index in [0.717, 1.165) is 31.5 Å². The van der Waals surface area contributed by atoms with Crippen molar-refractivity contribution >= 4 is 11.7 Å². The molecule has 0 saturated carbocycles. The summed E-state index contributed by atoms with van der Waals surface area (Å²) in [5, 5.41) is 6.46. The number of nitrogens with zero attached hydrogens (tertiary/aromatic N) is 2. The summed E-state index contributed by atoms with van der Waals surface area (Å²) in [6, 6.07) is 4.39. The lowest BCUT2D eigenvalue weighted by atomic mass is 9.89. The van der Waals surface area contributed by atoms with Gasteiger partial charge >= 0.3 is 6.03 Å². The van der Waals surface area contributed by atoms with E-state index in [0.29, 0.717) is 13.2 Å². The number of carbonyl (C=O) groups is 1. The smallest absolute Gasteiger partial charge is 0.317 e. The number of likely N-dealkylation sites (tertiary alicyclic amines) is 1. The number of ether oxygens (including phenoxy) is 1. The second-order valence-electron chi connectivity index (χ2n) is 6.91. The Bertz CT molecular complexity index is 537. The van der Waals surface area contributed by atoms with E-state index in [1.54, 1.807) is 6.20 Å². The van der Waals surface area contributed by atoms with Crippen LogP contribution >= 0.6 is 0 Å². The number of amides is 2. The molecule has 0 unspecified atom stereocenters. The molecule has 2 atom stereocenters. The van der Waals surface area contributed by atoms with Crippen LogP contribution in [0.1, 0.15) is 33.1 Å². The quantitative estimate of drug-likeness (QED) is 0.897. The number of hydrogen-bond donors (Lipinski definition) is 2. The van der Waals surface area contributed by atoms with E-state index in [9.17, 15) is 4.79 Å². The lowest BCUT2D eigenvalue weighted by Crippen LogP contribution is -2.54. The van der Waals surface area contributed by atoms with Crippen LogP contribution in [0.4, 0.5) is 10.5 Å². The largest absolute Gasteiger partial charge is 0.379 e. The van der Waals surface area contributed by atoms with Gasteiger partial charge in [0.2, 0.25) is 0 Å². The van der Waals surface area contributed by atoms with Crippen molar-refractivity contribution in [2.45, 2.75) is 50.8 Å². The van der Waals surface area contributed by atoms with Gasteiger partial charge in [-0.25, -0.2) is 4.79 Å². The number of hydrogen-bond acceptors (Lipinski definition) is 4. The highest BCUT2D eigenvalue weighted by molar-refractivity contribution is 5.74. The number of aromatic nitrogens is 1. The first kappa shape index (κ1) is 16.1. The van der Waals surface area contributed by atoms with Gasteiger partial charge in [0.15, 0.2) is 0 Å². The molecule has 6 heteroatoms. The standard InChI is InChI=1S/C17H26N4O2/c1-13(2)19-16(22)21-8-4-6-17(12-21)9-15(11-23-17)20-14-5-3-7-18-10-14/h3,5,7,10,13,15,20H,4,6,8-9,11-12H2,1-2H3,(H,19,22)/t15-,17-/m0/s1. The molecule has 0 aromatic carbocycles. The molecule has 126 valence electrons. The van der Waals surface area contributed by atoms with Crippen molar-refractivity contribution in [3.63, 3.8) is 0 Å². The zero-order chi connectivity index (χ0) is 16.3. The number of rotatable bonds is 3. The van der Waals surface area contributed by atoms with E-state index in [4.69, 9.17) is 4.74 Å². The predicted molar refractivity (Wildman–Crippen MR) is 89.4 cm³/mol. The second kappa shape index (κ2) is 6.74. The number of piperidine rings is 1. The molecule has 0 radical (unpaired) electrons. The Balaban J connectivity index is 1.58. The molecule has 2 aliphatic heterocycles. The fourth-order valence-corrected chi connectivity index (χ4v) is 3.51. The minimum atomic E-state index is -0.202. The van der Waals surface area contributed by atoms with Gasteiger partial charge in [-0.05, 0) is 38.8 Å². The third-order valence-electron chi connectivity index (χ3n) is 4.48. The first-order chi connectivity index (χ1) is 11.1. The van der Waals surface area contributed by atoms with Crippen molar-refractivity contribution in [1.82, 2.24) is 15.2 Å². The Morgan fingerprint density at radius 2 is 2.39 bits per heavy atom. The molecule has 0 aliphatic carbocycles. The molecule has 2 aliphatic rings. The summed E-state index contributed by atoms with van der Waals surface area (Å²) in [5.41, 5.74) is 0.815. The first-order valence-electron chi connectivity index (χ1n) is 8.42. The summed E-state index contributed by atoms with van der Waals surface area (Å²) in [6.07, 6.45) is 6.53. The summed E-state index contributed by atoms with van der Waals surface area (Å²) >= 11 is 0. The summed E-state index contributed by atoms with van der Waals surface area (Å²) in [5.74, 6) is 0. The van der Waals surface area contributed by atoms with Crippen molar-refractivity contribution in [1.29, 1.82) is 0 Å². The lowest BCUT2D eigenvalue weighted by molar-refractivity contribution is -0.0410. The minimum absolute atomic E-state index is 0.0198. The Kier molecular flexibility index (Phi) is 4.71. The van der Waals surface area contributed by atoms with Crippen LogP contribution in [-0.2, 0) is 4.74 Å². The average Bonchev–Trinajstić information content (AvgIpc) is 2.90. The summed E-state index contributed by atoms with van der Waals surface area (Å²) < 4.78 is 6.15. The molecule has 0 bridgehead atoms. The van der Waals surface area contributed by atoms with Gasteiger partial charge in [0, 0.05) is 31.4 Å². The summed E-state index contributed by atoms with van der Waals surface area (Å²) in [7, 11) is 0. The molecule has 2 amide bonds. The molecule has 3 rings (SSSR count). The molecular weight excluding hydrogens is 292 g/mol. The maximum Gasteiger partial charge on any atom is 0.317 e. The SMILES string of the molecule is CC(C)NC(=O)N1CCC[C@]2(C[C@H](Nc3cccnc3)CO2)C1. The van der Waals surface area contributed by atoms with Crippen molar-refractivity contribution < 1.29 is 9.53 Å². The van der Waals surface area contributed by atoms with E-state index in [1.165, 1.54) is 0 Å². The van der Waals surface area contributed by atoms with Gasteiger partial charge in [0.25, 0.3) is 0 Å². The minimum Gasteiger partial charge on any atom is -0.379 e. The van der Waals surface area contributed by atoms with Crippen LogP contribution in [0.3, 0.4) is 0 Å². The second-order valence-corrected chi connectivity index (χ2v) is 6.91. The molecule has 1 aromatic heterocycles. The molecular formula is C17H26N4O2. The number of anilines is 1. The number of pyridine rings is 1. The molecule has 2 fully saturated rings. The molecule has 3 heterocycles. The van der Waals surface area contributed by atoms with E-state index in [2.05, 4.69) is 15.6 Å². The van der Waals surface area contributed by atoms with E-state index >= 15 is 0 Å². The van der Waals surface area contributed by atoms with Gasteiger partial charge < -0.3 is 20.3 Å². The number of nitrogens with one attached hydrogen (secondary N) is 2. The molecule has 1 aromatic rings. The van der Waals surface area contributed by atoms with Gasteiger partial charge in [0.1, 0.15) is 0 Å². The monoisotopic (exact) mass is 318 g/mol. The van der Waals surface area contributed by atoms with Crippen LogP contribution in [0.5, 0.6) is 0 Å². The summed E-state index contributed by atoms with van der Waals surface area (Å²) in [6.45, 7) is 6.13. The highest BCUT2D eigenvalue weighted by Crippen LogP contribution is 2.35. The first-order valence-corrected chi connectivity index (χ1v) is 8.42. The Labute approximate surface area is 137 Å². The fourth-order valence-electron chi connectivity index (χ4n) is 3.51. The highest BCUT2D eigenvalue weighted by atomic mass is 16.5. The lowest BCUT2D eigenvalue weighted by Gasteiger charge is -2.40. The Morgan fingerprint density at radius 3 is 3.13 bits per heavy atom. The van der Waals surface area contributed by atoms with Crippen molar-refractivity contribution in [2.24, 2.45) is 0 Å². The van der Waals surface area contributed by atoms with Crippen LogP contribution in [0, 0.1) is 0 Å². The molecule has 2 N–H and O–H groups in total. The van der Waals surface area contributed by atoms with Gasteiger partial charge in [-0.1, -0.05) is 0 Å². The third-order valence-corrected chi connectivity index (χ3v) is 4.48. The predicted octanol–water partition coefficient (Wildman–Crippen LogP) is 2.24. The molecule has 23 heavy (non-hydrogen) atoms. The van der Waals surface area contributed by atoms with Crippen molar-refractivity contribution in [2.75, 3.05) is 25.0 Å². The molecule has 2 saturated heterocycles. The normalized spacial score (nSPS) is 27.4. The topological polar surface area (TPSA) is 66.5 Å². The summed E-state index contributed by atoms with van der Waals surface area (Å²) in [4.78, 5) is 18.3. The van der Waals surface area contributed by atoms with Crippen LogP contribution < -0.4 is 10.6 Å². The molecule has 1 spiro atoms. The molecule has 6 nitrogen and oxygen atoms in total. The maximum absolute atomic E-state index is 12.3. The maximum atomic E-state index is 12.3. The third kappa shape index (κ3) is 3.93. The Hall–Kier alpha value is -1.82. The Morgan fingerprint density at radius 1 is 1.52 bits per heavy atom. The zero-order valence-electron chi connectivity index (χ0n) is 13.9. The van der Waals surface area contributed by atoms with Gasteiger partial charge in [-0.3, -0.25) is 4.98 Å². The van der Waals surface area contributed by atoms with Crippen molar-refractivity contribution in [3.8, 4) is 0 Å². The van der Waals surface area contributed by atoms with Crippen LogP contribution in [0.25, 0.3) is 0 Å². The van der Waals surface area contributed by atoms with E-state index in [1.807, 2.05) is 37.1 Å². The van der Waals surface area contributed by atoms with Gasteiger partial charge in [-0.15, -0.1) is 0 Å². The van der Waals surface area contributed by atoms with Crippen LogP contribution in [0.2, 0.25) is 0 Å². The number of urea groups is 1. The van der Waals surface area contributed by atoms with Gasteiger partial charge in [0.05, 0.1) is 30.5 Å². The van der Waals surface area contributed by atoms with Crippen LogP contribution in [0.15, 0.2) is 24.5 Å². The van der Waals surface area contributed by atoms with Crippen molar-refractivity contribution in [3.05, 3.63) is 24.5 Å². The van der Waals surface area contributed by atoms with E-state index in [-0.39, 0.29) is 23.7 Å². The van der Waals surface area contributed by atoms with Crippen LogP contribution in [-0.4, -0.2) is 53.3 Å². The number of carbonyl (C=O) groups excluding carboxylic acids is 1. The van der Waals surface area contributed by atoms with E-state index < -0.39 is 0 Å². The average molecular weight is 318 g/mol.